The normalized spacial score (nSPS) is 16.8. The van der Waals surface area contributed by atoms with Crippen LogP contribution in [0.15, 0.2) is 48.8 Å². The van der Waals surface area contributed by atoms with Crippen molar-refractivity contribution in [2.45, 2.75) is 57.5 Å². The highest BCUT2D eigenvalue weighted by Gasteiger charge is 2.24. The van der Waals surface area contributed by atoms with Crippen LogP contribution < -0.4 is 32.2 Å². The second-order valence-electron chi connectivity index (χ2n) is 9.55. The summed E-state index contributed by atoms with van der Waals surface area (Å²) in [4.78, 5) is 33.3. The number of hydrogen-bond acceptors (Lipinski definition) is 8. The number of benzene rings is 1. The summed E-state index contributed by atoms with van der Waals surface area (Å²) < 4.78 is 20.5. The van der Waals surface area contributed by atoms with Crippen LogP contribution in [-0.4, -0.2) is 40.5 Å². The van der Waals surface area contributed by atoms with Crippen LogP contribution in [-0.2, 0) is 0 Å². The first-order chi connectivity index (χ1) is 18.8. The molecular formula is C28H34FN7O3. The Balaban J connectivity index is 1.48. The lowest BCUT2D eigenvalue weighted by Crippen LogP contribution is -2.43. The molecule has 206 valence electrons. The van der Waals surface area contributed by atoms with E-state index in [9.17, 15) is 14.0 Å². The molecule has 0 radical (unpaired) electrons. The van der Waals surface area contributed by atoms with Gasteiger partial charge in [0.15, 0.2) is 11.6 Å². The molecule has 0 saturated heterocycles. The smallest absolute Gasteiger partial charge is 0.255 e. The quantitative estimate of drug-likeness (QED) is 0.223. The van der Waals surface area contributed by atoms with Gasteiger partial charge in [-0.3, -0.25) is 14.6 Å². The summed E-state index contributed by atoms with van der Waals surface area (Å²) in [6, 6.07) is 9.26. The molecule has 39 heavy (non-hydrogen) atoms. The molecule has 7 N–H and O–H groups in total. The number of carbonyl (C=O) groups is 2. The van der Waals surface area contributed by atoms with Crippen molar-refractivity contribution in [2.75, 3.05) is 22.6 Å². The maximum absolute atomic E-state index is 14.8. The maximum Gasteiger partial charge on any atom is 0.255 e. The molecule has 2 aromatic heterocycles. The number of pyridine rings is 2. The average molecular weight is 536 g/mol. The third-order valence-corrected chi connectivity index (χ3v) is 6.52. The number of nitrogens with two attached hydrogens (primary N) is 2. The largest absolute Gasteiger partial charge is 0.494 e. The van der Waals surface area contributed by atoms with Gasteiger partial charge in [0.1, 0.15) is 11.6 Å². The first-order valence-corrected chi connectivity index (χ1v) is 13.1. The number of primary amides is 1. The van der Waals surface area contributed by atoms with E-state index in [1.807, 2.05) is 0 Å². The van der Waals surface area contributed by atoms with Gasteiger partial charge in [-0.05, 0) is 55.7 Å². The first-order valence-electron chi connectivity index (χ1n) is 13.1. The van der Waals surface area contributed by atoms with Crippen molar-refractivity contribution >= 4 is 34.8 Å². The Morgan fingerprint density at radius 2 is 1.82 bits per heavy atom. The van der Waals surface area contributed by atoms with Crippen LogP contribution in [0.2, 0.25) is 0 Å². The molecule has 1 aromatic carbocycles. The topological polar surface area (TPSA) is 157 Å². The Bertz CT molecular complexity index is 1300. The molecule has 2 amide bonds. The van der Waals surface area contributed by atoms with Gasteiger partial charge in [-0.15, -0.1) is 0 Å². The van der Waals surface area contributed by atoms with Crippen molar-refractivity contribution in [2.24, 2.45) is 11.5 Å². The fourth-order valence-corrected chi connectivity index (χ4v) is 4.34. The summed E-state index contributed by atoms with van der Waals surface area (Å²) in [5.74, 6) is -1.15. The Morgan fingerprint density at radius 1 is 1.08 bits per heavy atom. The van der Waals surface area contributed by atoms with Gasteiger partial charge in [0.05, 0.1) is 35.9 Å². The molecule has 4 rings (SSSR count). The summed E-state index contributed by atoms with van der Waals surface area (Å²) in [7, 11) is 0. The van der Waals surface area contributed by atoms with Gasteiger partial charge in [0, 0.05) is 17.6 Å². The summed E-state index contributed by atoms with van der Waals surface area (Å²) in [6.45, 7) is 2.71. The van der Waals surface area contributed by atoms with Gasteiger partial charge in [0.2, 0.25) is 0 Å². The Labute approximate surface area is 226 Å². The molecule has 11 heteroatoms. The van der Waals surface area contributed by atoms with E-state index >= 15 is 0 Å². The van der Waals surface area contributed by atoms with E-state index in [0.717, 1.165) is 44.6 Å². The number of carbonyl (C=O) groups excluding carboxylic acids is 2. The highest BCUT2D eigenvalue weighted by Crippen LogP contribution is 2.27. The summed E-state index contributed by atoms with van der Waals surface area (Å²) in [5.41, 5.74) is 12.8. The lowest BCUT2D eigenvalue weighted by Gasteiger charge is -2.30. The number of ether oxygens (including phenoxy) is 1. The van der Waals surface area contributed by atoms with E-state index in [-0.39, 0.29) is 35.2 Å². The molecule has 2 unspecified atom stereocenters. The van der Waals surface area contributed by atoms with Crippen LogP contribution in [0.25, 0.3) is 0 Å². The van der Waals surface area contributed by atoms with Crippen LogP contribution in [0, 0.1) is 5.82 Å². The first kappa shape index (κ1) is 27.8. The summed E-state index contributed by atoms with van der Waals surface area (Å²) in [6.07, 6.45) is 8.61. The van der Waals surface area contributed by atoms with E-state index < -0.39 is 11.7 Å². The zero-order valence-electron chi connectivity index (χ0n) is 21.9. The van der Waals surface area contributed by atoms with Crippen LogP contribution >= 0.6 is 0 Å². The fourth-order valence-electron chi connectivity index (χ4n) is 4.34. The van der Waals surface area contributed by atoms with E-state index in [1.165, 1.54) is 12.4 Å². The van der Waals surface area contributed by atoms with Crippen molar-refractivity contribution in [1.82, 2.24) is 9.97 Å². The standard InChI is InChI=1S/C28H34FN7O3/c1-2-3-12-39-20-10-8-17(9-11-20)28(38)34-19-13-18(15-32-16-19)33-26-21(25(31)37)14-22(29)27(36-26)35-24-7-5-4-6-23(24)30/h8-11,13-16,23-24H,2-7,12,30H2,1H3,(H2,31,37)(H,34,38)(H2,33,35,36). The Kier molecular flexibility index (Phi) is 9.27. The second-order valence-corrected chi connectivity index (χ2v) is 9.55. The van der Waals surface area contributed by atoms with E-state index in [1.54, 1.807) is 30.3 Å². The molecule has 1 fully saturated rings. The number of halogens is 1. The van der Waals surface area contributed by atoms with Crippen molar-refractivity contribution in [3.8, 4) is 5.75 Å². The number of aromatic nitrogens is 2. The molecule has 2 atom stereocenters. The SMILES string of the molecule is CCCCOc1ccc(C(=O)Nc2cncc(Nc3nc(NC4CCCCC4N)c(F)cc3C(N)=O)c2)cc1. The fraction of sp³-hybridized carbons (Fsp3) is 0.357. The zero-order valence-corrected chi connectivity index (χ0v) is 21.9. The number of unbranched alkanes of at least 4 members (excludes halogenated alkanes) is 1. The molecule has 10 nitrogen and oxygen atoms in total. The van der Waals surface area contributed by atoms with Gasteiger partial charge < -0.3 is 32.2 Å². The number of nitrogens with one attached hydrogen (secondary N) is 3. The molecule has 0 bridgehead atoms. The molecule has 1 saturated carbocycles. The van der Waals surface area contributed by atoms with Gasteiger partial charge in [0.25, 0.3) is 11.8 Å². The molecule has 1 aliphatic rings. The van der Waals surface area contributed by atoms with Crippen molar-refractivity contribution in [3.05, 3.63) is 65.7 Å². The van der Waals surface area contributed by atoms with E-state index in [4.69, 9.17) is 16.2 Å². The Hall–Kier alpha value is -4.25. The predicted octanol–water partition coefficient (Wildman–Crippen LogP) is 4.57. The monoisotopic (exact) mass is 535 g/mol. The summed E-state index contributed by atoms with van der Waals surface area (Å²) >= 11 is 0. The molecule has 1 aliphatic carbocycles. The lowest BCUT2D eigenvalue weighted by molar-refractivity contribution is 0.0997. The lowest BCUT2D eigenvalue weighted by atomic mass is 9.91. The average Bonchev–Trinajstić information content (AvgIpc) is 2.92. The van der Waals surface area contributed by atoms with Crippen LogP contribution in [0.1, 0.15) is 66.2 Å². The van der Waals surface area contributed by atoms with Gasteiger partial charge in [-0.1, -0.05) is 26.2 Å². The van der Waals surface area contributed by atoms with Crippen molar-refractivity contribution in [1.29, 1.82) is 0 Å². The number of nitrogens with zero attached hydrogens (tertiary/aromatic N) is 2. The number of anilines is 4. The highest BCUT2D eigenvalue weighted by atomic mass is 19.1. The zero-order chi connectivity index (χ0) is 27.8. The van der Waals surface area contributed by atoms with Crippen LogP contribution in [0.4, 0.5) is 27.4 Å². The summed E-state index contributed by atoms with van der Waals surface area (Å²) in [5, 5.41) is 8.85. The molecular weight excluding hydrogens is 501 g/mol. The predicted molar refractivity (Wildman–Crippen MR) is 149 cm³/mol. The minimum Gasteiger partial charge on any atom is -0.494 e. The van der Waals surface area contributed by atoms with Crippen LogP contribution in [0.3, 0.4) is 0 Å². The van der Waals surface area contributed by atoms with Crippen LogP contribution in [0.5, 0.6) is 5.75 Å². The molecule has 2 heterocycles. The van der Waals surface area contributed by atoms with E-state index in [2.05, 4.69) is 32.8 Å². The minimum atomic E-state index is -0.843. The molecule has 3 aromatic rings. The molecule has 0 aliphatic heterocycles. The Morgan fingerprint density at radius 3 is 2.54 bits per heavy atom. The third-order valence-electron chi connectivity index (χ3n) is 6.52. The molecule has 0 spiro atoms. The third kappa shape index (κ3) is 7.41. The number of amides is 2. The van der Waals surface area contributed by atoms with Crippen molar-refractivity contribution in [3.63, 3.8) is 0 Å². The van der Waals surface area contributed by atoms with Crippen molar-refractivity contribution < 1.29 is 18.7 Å². The van der Waals surface area contributed by atoms with Gasteiger partial charge in [-0.25, -0.2) is 9.37 Å². The maximum atomic E-state index is 14.8. The van der Waals surface area contributed by atoms with E-state index in [0.29, 0.717) is 29.3 Å². The number of hydrogen-bond donors (Lipinski definition) is 5. The minimum absolute atomic E-state index is 0.0237. The van der Waals surface area contributed by atoms with Gasteiger partial charge in [-0.2, -0.15) is 0 Å². The second kappa shape index (κ2) is 13.0. The number of rotatable bonds is 11. The highest BCUT2D eigenvalue weighted by molar-refractivity contribution is 6.04. The van der Waals surface area contributed by atoms with Gasteiger partial charge >= 0.3 is 0 Å².